The van der Waals surface area contributed by atoms with E-state index in [4.69, 9.17) is 5.26 Å². The van der Waals surface area contributed by atoms with Crippen LogP contribution in [0.5, 0.6) is 0 Å². The molecule has 0 amide bonds. The van der Waals surface area contributed by atoms with Gasteiger partial charge in [-0.05, 0) is 37.6 Å². The molecule has 1 aromatic rings. The van der Waals surface area contributed by atoms with Crippen molar-refractivity contribution < 1.29 is 0 Å². The van der Waals surface area contributed by atoms with Crippen LogP contribution < -0.4 is 4.90 Å². The summed E-state index contributed by atoms with van der Waals surface area (Å²) in [6.07, 6.45) is 3.40. The average Bonchev–Trinajstić information content (AvgIpc) is 2.30. The predicted octanol–water partition coefficient (Wildman–Crippen LogP) is 2.71. The van der Waals surface area contributed by atoms with Gasteiger partial charge in [0.2, 0.25) is 0 Å². The fraction of sp³-hybridized carbons (Fsp3) is 0.308. The molecule has 0 radical (unpaired) electrons. The zero-order valence-corrected chi connectivity index (χ0v) is 8.90. The second-order valence-corrected chi connectivity index (χ2v) is 3.91. The quantitative estimate of drug-likeness (QED) is 0.649. The van der Waals surface area contributed by atoms with Crippen LogP contribution in [0.3, 0.4) is 0 Å². The highest BCUT2D eigenvalue weighted by Gasteiger charge is 2.09. The summed E-state index contributed by atoms with van der Waals surface area (Å²) in [6, 6.07) is 9.93. The molecule has 0 spiro atoms. The SMILES string of the molecule is CC1=CCN(c2ccc(C#N)cc2)CC1. The topological polar surface area (TPSA) is 27.0 Å². The summed E-state index contributed by atoms with van der Waals surface area (Å²) in [5, 5.41) is 8.70. The van der Waals surface area contributed by atoms with Crippen LogP contribution in [0.2, 0.25) is 0 Å². The molecule has 0 unspecified atom stereocenters. The van der Waals surface area contributed by atoms with Crippen LogP contribution in [-0.4, -0.2) is 13.1 Å². The Bertz CT molecular complexity index is 409. The molecular formula is C13H14N2. The minimum absolute atomic E-state index is 0.725. The van der Waals surface area contributed by atoms with Crippen molar-refractivity contribution in [1.82, 2.24) is 0 Å². The van der Waals surface area contributed by atoms with Gasteiger partial charge in [-0.2, -0.15) is 5.26 Å². The third-order valence-electron chi connectivity index (χ3n) is 2.80. The van der Waals surface area contributed by atoms with E-state index in [2.05, 4.69) is 24.0 Å². The molecule has 1 heterocycles. The molecule has 0 aromatic heterocycles. The minimum Gasteiger partial charge on any atom is -0.367 e. The first kappa shape index (κ1) is 9.79. The molecule has 1 aliphatic rings. The first-order valence-corrected chi connectivity index (χ1v) is 5.20. The average molecular weight is 198 g/mol. The third-order valence-corrected chi connectivity index (χ3v) is 2.80. The van der Waals surface area contributed by atoms with Crippen molar-refractivity contribution in [2.24, 2.45) is 0 Å². The maximum Gasteiger partial charge on any atom is 0.0991 e. The van der Waals surface area contributed by atoms with E-state index in [1.807, 2.05) is 24.3 Å². The lowest BCUT2D eigenvalue weighted by Gasteiger charge is -2.27. The Morgan fingerprint density at radius 1 is 1.27 bits per heavy atom. The van der Waals surface area contributed by atoms with E-state index in [-0.39, 0.29) is 0 Å². The molecule has 15 heavy (non-hydrogen) atoms. The number of benzene rings is 1. The molecule has 0 aliphatic carbocycles. The first-order chi connectivity index (χ1) is 7.29. The van der Waals surface area contributed by atoms with Gasteiger partial charge in [0.1, 0.15) is 0 Å². The maximum absolute atomic E-state index is 8.70. The molecule has 2 nitrogen and oxygen atoms in total. The van der Waals surface area contributed by atoms with Crippen molar-refractivity contribution in [2.75, 3.05) is 18.0 Å². The molecule has 2 rings (SSSR count). The van der Waals surface area contributed by atoms with Gasteiger partial charge >= 0.3 is 0 Å². The van der Waals surface area contributed by atoms with Gasteiger partial charge in [0.15, 0.2) is 0 Å². The zero-order valence-electron chi connectivity index (χ0n) is 8.90. The van der Waals surface area contributed by atoms with Crippen LogP contribution in [0, 0.1) is 11.3 Å². The van der Waals surface area contributed by atoms with Crippen molar-refractivity contribution in [3.8, 4) is 6.07 Å². The highest BCUT2D eigenvalue weighted by molar-refractivity contribution is 5.51. The van der Waals surface area contributed by atoms with Gasteiger partial charge in [0.25, 0.3) is 0 Å². The molecular weight excluding hydrogens is 184 g/mol. The van der Waals surface area contributed by atoms with Crippen LogP contribution in [0.25, 0.3) is 0 Å². The van der Waals surface area contributed by atoms with Gasteiger partial charge < -0.3 is 4.90 Å². The van der Waals surface area contributed by atoms with Crippen molar-refractivity contribution in [3.05, 3.63) is 41.5 Å². The number of hydrogen-bond donors (Lipinski definition) is 0. The van der Waals surface area contributed by atoms with Gasteiger partial charge in [0, 0.05) is 18.8 Å². The van der Waals surface area contributed by atoms with E-state index in [9.17, 15) is 0 Å². The number of hydrogen-bond acceptors (Lipinski definition) is 2. The largest absolute Gasteiger partial charge is 0.367 e. The van der Waals surface area contributed by atoms with E-state index in [0.717, 1.165) is 25.1 Å². The second-order valence-electron chi connectivity index (χ2n) is 3.91. The number of nitriles is 1. The Balaban J connectivity index is 2.14. The van der Waals surface area contributed by atoms with Gasteiger partial charge in [-0.3, -0.25) is 0 Å². The number of rotatable bonds is 1. The highest BCUT2D eigenvalue weighted by atomic mass is 15.1. The van der Waals surface area contributed by atoms with Crippen LogP contribution in [0.4, 0.5) is 5.69 Å². The van der Waals surface area contributed by atoms with E-state index < -0.39 is 0 Å². The molecule has 0 N–H and O–H groups in total. The molecule has 0 atom stereocenters. The standard InChI is InChI=1S/C13H14N2/c1-11-6-8-15(9-7-11)13-4-2-12(10-14)3-5-13/h2-6H,7-9H2,1H3. The van der Waals surface area contributed by atoms with Crippen molar-refractivity contribution in [3.63, 3.8) is 0 Å². The van der Waals surface area contributed by atoms with Crippen LogP contribution in [0.1, 0.15) is 18.9 Å². The maximum atomic E-state index is 8.70. The fourth-order valence-corrected chi connectivity index (χ4v) is 1.75. The molecule has 0 saturated heterocycles. The van der Waals surface area contributed by atoms with Crippen LogP contribution >= 0.6 is 0 Å². The van der Waals surface area contributed by atoms with E-state index >= 15 is 0 Å². The van der Waals surface area contributed by atoms with Crippen LogP contribution in [-0.2, 0) is 0 Å². The predicted molar refractivity (Wildman–Crippen MR) is 61.7 cm³/mol. The van der Waals surface area contributed by atoms with Crippen LogP contribution in [0.15, 0.2) is 35.9 Å². The third kappa shape index (κ3) is 2.19. The monoisotopic (exact) mass is 198 g/mol. The van der Waals surface area contributed by atoms with E-state index in [0.29, 0.717) is 0 Å². The number of nitrogens with zero attached hydrogens (tertiary/aromatic N) is 2. The highest BCUT2D eigenvalue weighted by Crippen LogP contribution is 2.19. The lowest BCUT2D eigenvalue weighted by Crippen LogP contribution is -2.27. The smallest absolute Gasteiger partial charge is 0.0991 e. The van der Waals surface area contributed by atoms with Gasteiger partial charge in [0.05, 0.1) is 11.6 Å². The van der Waals surface area contributed by atoms with E-state index in [1.54, 1.807) is 0 Å². The Kier molecular flexibility index (Phi) is 2.73. The summed E-state index contributed by atoms with van der Waals surface area (Å²) in [4.78, 5) is 2.33. The van der Waals surface area contributed by atoms with Gasteiger partial charge in [-0.1, -0.05) is 11.6 Å². The normalized spacial score (nSPS) is 15.7. The Hall–Kier alpha value is -1.75. The molecule has 2 heteroatoms. The van der Waals surface area contributed by atoms with Gasteiger partial charge in [-0.15, -0.1) is 0 Å². The lowest BCUT2D eigenvalue weighted by atomic mass is 10.1. The lowest BCUT2D eigenvalue weighted by molar-refractivity contribution is 0.788. The summed E-state index contributed by atoms with van der Waals surface area (Å²) in [6.45, 7) is 4.24. The molecule has 1 aliphatic heterocycles. The van der Waals surface area contributed by atoms with Crippen molar-refractivity contribution >= 4 is 5.69 Å². The summed E-state index contributed by atoms with van der Waals surface area (Å²) in [5.41, 5.74) is 3.40. The van der Waals surface area contributed by atoms with Crippen molar-refractivity contribution in [2.45, 2.75) is 13.3 Å². The molecule has 1 aromatic carbocycles. The van der Waals surface area contributed by atoms with Crippen molar-refractivity contribution in [1.29, 1.82) is 5.26 Å². The second kappa shape index (κ2) is 4.18. The Morgan fingerprint density at radius 3 is 2.53 bits per heavy atom. The minimum atomic E-state index is 0.725. The zero-order chi connectivity index (χ0) is 10.7. The summed E-state index contributed by atoms with van der Waals surface area (Å²) >= 11 is 0. The van der Waals surface area contributed by atoms with Gasteiger partial charge in [-0.25, -0.2) is 0 Å². The Morgan fingerprint density at radius 2 is 2.00 bits per heavy atom. The Labute approximate surface area is 90.4 Å². The van der Waals surface area contributed by atoms with E-state index in [1.165, 1.54) is 11.3 Å². The number of anilines is 1. The molecule has 0 saturated carbocycles. The summed E-state index contributed by atoms with van der Waals surface area (Å²) in [5.74, 6) is 0. The summed E-state index contributed by atoms with van der Waals surface area (Å²) < 4.78 is 0. The molecule has 0 bridgehead atoms. The fourth-order valence-electron chi connectivity index (χ4n) is 1.75. The summed E-state index contributed by atoms with van der Waals surface area (Å²) in [7, 11) is 0. The molecule has 76 valence electrons. The first-order valence-electron chi connectivity index (χ1n) is 5.20. The molecule has 0 fully saturated rings.